The second-order valence-electron chi connectivity index (χ2n) is 4.39. The normalized spacial score (nSPS) is 10.5. The Morgan fingerprint density at radius 2 is 1.68 bits per heavy atom. The molecule has 0 spiro atoms. The summed E-state index contributed by atoms with van der Waals surface area (Å²) in [5.41, 5.74) is 1.02. The van der Waals surface area contributed by atoms with Gasteiger partial charge in [-0.2, -0.15) is 0 Å². The number of carbonyl (C=O) groups is 1. The summed E-state index contributed by atoms with van der Waals surface area (Å²) in [5.74, 6) is -2.49. The number of benzene rings is 2. The molecule has 0 aliphatic heterocycles. The van der Waals surface area contributed by atoms with Crippen LogP contribution in [-0.2, 0) is 0 Å². The lowest BCUT2D eigenvalue weighted by molar-refractivity contribution is 0.0697. The molecule has 0 saturated carbocycles. The van der Waals surface area contributed by atoms with E-state index in [9.17, 15) is 13.6 Å². The van der Waals surface area contributed by atoms with E-state index in [4.69, 9.17) is 5.11 Å². The van der Waals surface area contributed by atoms with Gasteiger partial charge in [-0.1, -0.05) is 12.1 Å². The minimum atomic E-state index is -1.13. The van der Waals surface area contributed by atoms with E-state index in [0.717, 1.165) is 0 Å². The number of hydrogen-bond donors (Lipinski definition) is 1. The van der Waals surface area contributed by atoms with E-state index in [1.165, 1.54) is 31.2 Å². The summed E-state index contributed by atoms with van der Waals surface area (Å²) < 4.78 is 27.9. The molecule has 0 radical (unpaired) electrons. The van der Waals surface area contributed by atoms with Crippen molar-refractivity contribution >= 4 is 5.97 Å². The Morgan fingerprint density at radius 1 is 1.05 bits per heavy atom. The fraction of sp³-hybridized carbons (Fsp3) is 0.133. The van der Waals surface area contributed by atoms with Crippen molar-refractivity contribution in [3.05, 3.63) is 58.7 Å². The summed E-state index contributed by atoms with van der Waals surface area (Å²) in [6, 6.07) is 6.77. The van der Waals surface area contributed by atoms with Gasteiger partial charge in [-0.25, -0.2) is 13.6 Å². The van der Waals surface area contributed by atoms with Crippen LogP contribution in [-0.4, -0.2) is 11.1 Å². The van der Waals surface area contributed by atoms with Crippen LogP contribution in [0.1, 0.15) is 21.5 Å². The van der Waals surface area contributed by atoms with Gasteiger partial charge < -0.3 is 5.11 Å². The molecule has 1 N–H and O–H groups in total. The van der Waals surface area contributed by atoms with Crippen LogP contribution < -0.4 is 0 Å². The van der Waals surface area contributed by atoms with Crippen LogP contribution >= 0.6 is 0 Å². The smallest absolute Gasteiger partial charge is 0.335 e. The molecule has 2 rings (SSSR count). The first kappa shape index (κ1) is 13.2. The van der Waals surface area contributed by atoms with Gasteiger partial charge >= 0.3 is 5.97 Å². The fourth-order valence-corrected chi connectivity index (χ4v) is 1.93. The predicted molar refractivity (Wildman–Crippen MR) is 68.2 cm³/mol. The van der Waals surface area contributed by atoms with Gasteiger partial charge in [0.2, 0.25) is 0 Å². The molecule has 2 aromatic carbocycles. The maximum Gasteiger partial charge on any atom is 0.335 e. The largest absolute Gasteiger partial charge is 0.478 e. The summed E-state index contributed by atoms with van der Waals surface area (Å²) in [6.07, 6.45) is 0. The molecule has 0 bridgehead atoms. The fourth-order valence-electron chi connectivity index (χ4n) is 1.93. The van der Waals surface area contributed by atoms with Crippen molar-refractivity contribution in [1.29, 1.82) is 0 Å². The quantitative estimate of drug-likeness (QED) is 0.889. The first-order valence-electron chi connectivity index (χ1n) is 5.70. The van der Waals surface area contributed by atoms with E-state index in [1.807, 2.05) is 0 Å². The van der Waals surface area contributed by atoms with Gasteiger partial charge in [-0.05, 0) is 48.7 Å². The minimum Gasteiger partial charge on any atom is -0.478 e. The molecule has 0 amide bonds. The maximum absolute atomic E-state index is 14.1. The summed E-state index contributed by atoms with van der Waals surface area (Å²) in [6.45, 7) is 3.22. The van der Waals surface area contributed by atoms with E-state index in [2.05, 4.69) is 0 Å². The Morgan fingerprint density at radius 3 is 2.32 bits per heavy atom. The number of carboxylic acids is 1. The van der Waals surface area contributed by atoms with Gasteiger partial charge in [-0.3, -0.25) is 0 Å². The third-order valence-electron chi connectivity index (χ3n) is 3.04. The van der Waals surface area contributed by atoms with Gasteiger partial charge in [0.05, 0.1) is 11.1 Å². The number of carboxylic acid groups (broad SMARTS) is 1. The summed E-state index contributed by atoms with van der Waals surface area (Å²) in [7, 11) is 0. The highest BCUT2D eigenvalue weighted by Gasteiger charge is 2.17. The van der Waals surface area contributed by atoms with Crippen molar-refractivity contribution in [3.63, 3.8) is 0 Å². The molecular weight excluding hydrogens is 250 g/mol. The number of rotatable bonds is 2. The first-order valence-corrected chi connectivity index (χ1v) is 5.70. The zero-order chi connectivity index (χ0) is 14.2. The zero-order valence-electron chi connectivity index (χ0n) is 10.5. The van der Waals surface area contributed by atoms with Crippen molar-refractivity contribution in [3.8, 4) is 11.1 Å². The highest BCUT2D eigenvalue weighted by atomic mass is 19.1. The van der Waals surface area contributed by atoms with Gasteiger partial charge in [0.25, 0.3) is 0 Å². The molecular formula is C15H12F2O2. The molecule has 0 heterocycles. The highest BCUT2D eigenvalue weighted by Crippen LogP contribution is 2.31. The van der Waals surface area contributed by atoms with Crippen molar-refractivity contribution in [2.45, 2.75) is 13.8 Å². The molecule has 0 fully saturated rings. The highest BCUT2D eigenvalue weighted by molar-refractivity contribution is 5.90. The van der Waals surface area contributed by atoms with Gasteiger partial charge in [-0.15, -0.1) is 0 Å². The molecule has 2 aromatic rings. The van der Waals surface area contributed by atoms with E-state index < -0.39 is 17.6 Å². The first-order chi connectivity index (χ1) is 8.91. The Hall–Kier alpha value is -2.23. The molecule has 0 unspecified atom stereocenters. The molecule has 0 saturated heterocycles. The molecule has 0 aromatic heterocycles. The second-order valence-corrected chi connectivity index (χ2v) is 4.39. The van der Waals surface area contributed by atoms with Crippen molar-refractivity contribution in [1.82, 2.24) is 0 Å². The van der Waals surface area contributed by atoms with E-state index in [-0.39, 0.29) is 16.7 Å². The van der Waals surface area contributed by atoms with Crippen LogP contribution in [0, 0.1) is 25.5 Å². The standard InChI is InChI=1S/C15H12F2O2/c1-8-3-5-10(15(18)19)7-11(8)13-12(16)6-4-9(2)14(13)17/h3-7H,1-2H3,(H,18,19). The van der Waals surface area contributed by atoms with Gasteiger partial charge in [0, 0.05) is 0 Å². The molecule has 0 aliphatic carbocycles. The topological polar surface area (TPSA) is 37.3 Å². The summed E-state index contributed by atoms with van der Waals surface area (Å²) in [4.78, 5) is 10.9. The van der Waals surface area contributed by atoms with Crippen LogP contribution in [0.25, 0.3) is 11.1 Å². The maximum atomic E-state index is 14.1. The monoisotopic (exact) mass is 262 g/mol. The van der Waals surface area contributed by atoms with Crippen molar-refractivity contribution < 1.29 is 18.7 Å². The Kier molecular flexibility index (Phi) is 3.34. The lowest BCUT2D eigenvalue weighted by atomic mass is 9.96. The number of aryl methyl sites for hydroxylation is 2. The Labute approximate surface area is 109 Å². The average molecular weight is 262 g/mol. The minimum absolute atomic E-state index is 0.000839. The van der Waals surface area contributed by atoms with Crippen LogP contribution in [0.5, 0.6) is 0 Å². The number of aromatic carboxylic acids is 1. The van der Waals surface area contributed by atoms with Crippen LogP contribution in [0.3, 0.4) is 0 Å². The van der Waals surface area contributed by atoms with Crippen molar-refractivity contribution in [2.75, 3.05) is 0 Å². The van der Waals surface area contributed by atoms with E-state index >= 15 is 0 Å². The Bertz CT molecular complexity index is 663. The van der Waals surface area contributed by atoms with E-state index in [1.54, 1.807) is 13.0 Å². The zero-order valence-corrected chi connectivity index (χ0v) is 10.5. The van der Waals surface area contributed by atoms with E-state index in [0.29, 0.717) is 11.1 Å². The summed E-state index contributed by atoms with van der Waals surface area (Å²) >= 11 is 0. The third kappa shape index (κ3) is 2.34. The molecule has 98 valence electrons. The number of halogens is 2. The molecule has 19 heavy (non-hydrogen) atoms. The molecule has 0 aliphatic rings. The second kappa shape index (κ2) is 4.80. The predicted octanol–water partition coefficient (Wildman–Crippen LogP) is 3.95. The Balaban J connectivity index is 2.75. The number of hydrogen-bond acceptors (Lipinski definition) is 1. The SMILES string of the molecule is Cc1ccc(C(=O)O)cc1-c1c(F)ccc(C)c1F. The lowest BCUT2D eigenvalue weighted by Crippen LogP contribution is -2.00. The molecule has 4 heteroatoms. The molecule has 2 nitrogen and oxygen atoms in total. The third-order valence-corrected chi connectivity index (χ3v) is 3.04. The summed E-state index contributed by atoms with van der Waals surface area (Å²) in [5, 5.41) is 8.95. The average Bonchev–Trinajstić information content (AvgIpc) is 2.36. The van der Waals surface area contributed by atoms with Crippen LogP contribution in [0.15, 0.2) is 30.3 Å². The van der Waals surface area contributed by atoms with Gasteiger partial charge in [0.1, 0.15) is 11.6 Å². The van der Waals surface area contributed by atoms with Crippen LogP contribution in [0.2, 0.25) is 0 Å². The van der Waals surface area contributed by atoms with Gasteiger partial charge in [0.15, 0.2) is 0 Å². The van der Waals surface area contributed by atoms with Crippen LogP contribution in [0.4, 0.5) is 8.78 Å². The van der Waals surface area contributed by atoms with Crippen molar-refractivity contribution in [2.24, 2.45) is 0 Å². The molecule has 0 atom stereocenters. The lowest BCUT2D eigenvalue weighted by Gasteiger charge is -2.11.